The second kappa shape index (κ2) is 5.59. The Morgan fingerprint density at radius 1 is 1.52 bits per heavy atom. The molecule has 1 aromatic heterocycles. The number of anilines is 1. The maximum atomic E-state index is 12.5. The van der Waals surface area contributed by atoms with E-state index in [0.29, 0.717) is 17.4 Å². The number of carbonyl (C=O) groups is 2. The van der Waals surface area contributed by atoms with Crippen molar-refractivity contribution in [1.29, 1.82) is 0 Å². The molecule has 1 aromatic rings. The van der Waals surface area contributed by atoms with E-state index in [9.17, 15) is 14.7 Å². The van der Waals surface area contributed by atoms with Gasteiger partial charge in [-0.2, -0.15) is 5.10 Å². The van der Waals surface area contributed by atoms with E-state index in [-0.39, 0.29) is 11.4 Å². The molecule has 2 fully saturated rings. The molecule has 0 bridgehead atoms. The van der Waals surface area contributed by atoms with Crippen molar-refractivity contribution in [1.82, 2.24) is 14.7 Å². The van der Waals surface area contributed by atoms with Crippen molar-refractivity contribution >= 4 is 29.4 Å². The molecule has 0 spiro atoms. The average Bonchev–Trinajstić information content (AvgIpc) is 3.03. The number of nitrogens with zero attached hydrogens (tertiary/aromatic N) is 3. The summed E-state index contributed by atoms with van der Waals surface area (Å²) in [6.07, 6.45) is 5.46. The molecule has 1 saturated heterocycles. The van der Waals surface area contributed by atoms with Gasteiger partial charge in [-0.1, -0.05) is 0 Å². The van der Waals surface area contributed by atoms with Crippen LogP contribution in [0.25, 0.3) is 0 Å². The van der Waals surface area contributed by atoms with Gasteiger partial charge in [0.2, 0.25) is 0 Å². The molecule has 2 unspecified atom stereocenters. The number of aliphatic carboxylic acids is 1. The quantitative estimate of drug-likeness (QED) is 0.883. The molecule has 0 radical (unpaired) electrons. The van der Waals surface area contributed by atoms with Crippen molar-refractivity contribution in [3.8, 4) is 0 Å². The van der Waals surface area contributed by atoms with Gasteiger partial charge >= 0.3 is 12.0 Å². The van der Waals surface area contributed by atoms with Gasteiger partial charge in [0, 0.05) is 18.5 Å². The number of aromatic nitrogens is 2. The number of rotatable bonds is 4. The van der Waals surface area contributed by atoms with E-state index in [1.807, 2.05) is 6.92 Å². The second-order valence-corrected chi connectivity index (χ2v) is 6.49. The van der Waals surface area contributed by atoms with E-state index in [0.717, 1.165) is 19.4 Å². The van der Waals surface area contributed by atoms with Crippen LogP contribution in [0.4, 0.5) is 10.5 Å². The minimum atomic E-state index is -0.940. The highest BCUT2D eigenvalue weighted by Crippen LogP contribution is 2.45. The number of hydrogen-bond acceptors (Lipinski definition) is 4. The fraction of sp³-hybridized carbons (Fsp3) is 0.615. The maximum Gasteiger partial charge on any atom is 0.327 e. The molecule has 21 heavy (non-hydrogen) atoms. The van der Waals surface area contributed by atoms with Crippen LogP contribution in [0.3, 0.4) is 0 Å². The normalized spacial score (nSPS) is 25.1. The summed E-state index contributed by atoms with van der Waals surface area (Å²) in [5.74, 6) is -0.0495. The van der Waals surface area contributed by atoms with E-state index >= 15 is 0 Å². The fourth-order valence-electron chi connectivity index (χ4n) is 2.51. The molecule has 3 rings (SSSR count). The van der Waals surface area contributed by atoms with E-state index in [1.165, 1.54) is 4.90 Å². The lowest BCUT2D eigenvalue weighted by atomic mass is 10.2. The van der Waals surface area contributed by atoms with Crippen LogP contribution in [0, 0.1) is 5.92 Å². The first kappa shape index (κ1) is 14.2. The second-order valence-electron chi connectivity index (χ2n) is 5.34. The highest BCUT2D eigenvalue weighted by atomic mass is 32.2. The molecule has 2 amide bonds. The number of nitrogens with one attached hydrogen (secondary N) is 1. The van der Waals surface area contributed by atoms with Gasteiger partial charge in [-0.15, -0.1) is 11.8 Å². The Morgan fingerprint density at radius 3 is 2.86 bits per heavy atom. The summed E-state index contributed by atoms with van der Waals surface area (Å²) in [6.45, 7) is 2.68. The number of thioether (sulfide) groups is 1. The van der Waals surface area contributed by atoms with Crippen molar-refractivity contribution in [3.63, 3.8) is 0 Å². The lowest BCUT2D eigenvalue weighted by Gasteiger charge is -2.27. The molecular weight excluding hydrogens is 292 g/mol. The number of amides is 2. The summed E-state index contributed by atoms with van der Waals surface area (Å²) in [7, 11) is 0. The molecule has 1 aliphatic heterocycles. The third kappa shape index (κ3) is 2.85. The Morgan fingerprint density at radius 2 is 2.29 bits per heavy atom. The van der Waals surface area contributed by atoms with Crippen LogP contribution < -0.4 is 5.32 Å². The predicted octanol–water partition coefficient (Wildman–Crippen LogP) is 1.67. The summed E-state index contributed by atoms with van der Waals surface area (Å²) in [6, 6.07) is -1.10. The lowest BCUT2D eigenvalue weighted by molar-refractivity contribution is -0.141. The molecule has 8 heteroatoms. The van der Waals surface area contributed by atoms with Gasteiger partial charge in [0.05, 0.1) is 17.3 Å². The van der Waals surface area contributed by atoms with Gasteiger partial charge in [0.15, 0.2) is 0 Å². The van der Waals surface area contributed by atoms with Gasteiger partial charge in [-0.3, -0.25) is 9.58 Å². The largest absolute Gasteiger partial charge is 0.480 e. The molecule has 114 valence electrons. The Balaban J connectivity index is 1.74. The van der Waals surface area contributed by atoms with Crippen LogP contribution >= 0.6 is 11.8 Å². The number of carbonyl (C=O) groups excluding carboxylic acids is 1. The third-order valence-electron chi connectivity index (χ3n) is 3.79. The molecule has 7 nitrogen and oxygen atoms in total. The first-order valence-electron chi connectivity index (χ1n) is 7.06. The zero-order valence-corrected chi connectivity index (χ0v) is 12.5. The standard InChI is InChI=1S/C13H18N4O3S/c1-2-16-6-9(5-14-16)15-13(20)17-10(12(18)19)7-21-11(17)8-3-4-8/h5-6,8,10-11H,2-4,7H2,1H3,(H,15,20)(H,18,19). The fourth-order valence-corrected chi connectivity index (χ4v) is 4.14. The highest BCUT2D eigenvalue weighted by molar-refractivity contribution is 8.00. The minimum absolute atomic E-state index is 0.0210. The number of aryl methyl sites for hydroxylation is 1. The maximum absolute atomic E-state index is 12.5. The van der Waals surface area contributed by atoms with Crippen LogP contribution in [0.15, 0.2) is 12.4 Å². The van der Waals surface area contributed by atoms with Crippen molar-refractivity contribution < 1.29 is 14.7 Å². The summed E-state index contributed by atoms with van der Waals surface area (Å²) in [5.41, 5.74) is 0.595. The van der Waals surface area contributed by atoms with Crippen LogP contribution in [0.1, 0.15) is 19.8 Å². The van der Waals surface area contributed by atoms with Crippen LogP contribution in [0.2, 0.25) is 0 Å². The predicted molar refractivity (Wildman–Crippen MR) is 79.2 cm³/mol. The molecule has 2 aliphatic rings. The summed E-state index contributed by atoms with van der Waals surface area (Å²) in [4.78, 5) is 25.3. The van der Waals surface area contributed by atoms with Gasteiger partial charge < -0.3 is 10.4 Å². The van der Waals surface area contributed by atoms with Crippen molar-refractivity contribution in [2.45, 2.75) is 37.7 Å². The van der Waals surface area contributed by atoms with E-state index in [2.05, 4.69) is 10.4 Å². The molecule has 2 heterocycles. The molecule has 2 N–H and O–H groups in total. The molecule has 1 aliphatic carbocycles. The van der Waals surface area contributed by atoms with Gasteiger partial charge in [-0.25, -0.2) is 9.59 Å². The monoisotopic (exact) mass is 310 g/mol. The Hall–Kier alpha value is -1.70. The number of carboxylic acid groups (broad SMARTS) is 1. The Labute approximate surface area is 126 Å². The zero-order valence-electron chi connectivity index (χ0n) is 11.7. The molecular formula is C13H18N4O3S. The SMILES string of the molecule is CCn1cc(NC(=O)N2C(C(=O)O)CSC2C2CC2)cn1. The third-order valence-corrected chi connectivity index (χ3v) is 5.25. The topological polar surface area (TPSA) is 87.5 Å². The Bertz CT molecular complexity index is 557. The van der Waals surface area contributed by atoms with Crippen LogP contribution in [-0.4, -0.2) is 49.0 Å². The molecule has 2 atom stereocenters. The molecule has 1 saturated carbocycles. The summed E-state index contributed by atoms with van der Waals surface area (Å²) >= 11 is 1.57. The van der Waals surface area contributed by atoms with Crippen molar-refractivity contribution in [2.75, 3.05) is 11.1 Å². The van der Waals surface area contributed by atoms with Gasteiger partial charge in [0.1, 0.15) is 6.04 Å². The van der Waals surface area contributed by atoms with E-state index in [4.69, 9.17) is 0 Å². The van der Waals surface area contributed by atoms with Crippen LogP contribution in [0.5, 0.6) is 0 Å². The molecule has 0 aromatic carbocycles. The smallest absolute Gasteiger partial charge is 0.327 e. The van der Waals surface area contributed by atoms with Crippen molar-refractivity contribution in [2.24, 2.45) is 5.92 Å². The highest BCUT2D eigenvalue weighted by Gasteiger charge is 2.48. The zero-order chi connectivity index (χ0) is 15.0. The number of carboxylic acids is 1. The van der Waals surface area contributed by atoms with Gasteiger partial charge in [0.25, 0.3) is 0 Å². The number of hydrogen-bond donors (Lipinski definition) is 2. The lowest BCUT2D eigenvalue weighted by Crippen LogP contribution is -2.48. The Kier molecular flexibility index (Phi) is 3.79. The van der Waals surface area contributed by atoms with E-state index < -0.39 is 12.0 Å². The first-order valence-corrected chi connectivity index (χ1v) is 8.11. The van der Waals surface area contributed by atoms with E-state index in [1.54, 1.807) is 28.8 Å². The van der Waals surface area contributed by atoms with Crippen LogP contribution in [-0.2, 0) is 11.3 Å². The van der Waals surface area contributed by atoms with Gasteiger partial charge in [-0.05, 0) is 25.7 Å². The van der Waals surface area contributed by atoms with Crippen molar-refractivity contribution in [3.05, 3.63) is 12.4 Å². The summed E-state index contributed by atoms with van der Waals surface area (Å²) in [5, 5.41) is 16.1. The average molecular weight is 310 g/mol. The number of urea groups is 1. The minimum Gasteiger partial charge on any atom is -0.480 e. The summed E-state index contributed by atoms with van der Waals surface area (Å²) < 4.78 is 1.71. The first-order chi connectivity index (χ1) is 10.1.